The Morgan fingerprint density at radius 3 is 2.45 bits per heavy atom. The lowest BCUT2D eigenvalue weighted by molar-refractivity contribution is 0.0963. The maximum Gasteiger partial charge on any atom is 0.251 e. The van der Waals surface area contributed by atoms with E-state index in [-0.39, 0.29) is 5.91 Å². The number of rotatable bonds is 4. The largest absolute Gasteiger partial charge is 0.381 e. The summed E-state index contributed by atoms with van der Waals surface area (Å²) in [5.41, 5.74) is 3.95. The number of benzene rings is 2. The van der Waals surface area contributed by atoms with Gasteiger partial charge >= 0.3 is 0 Å². The maximum absolute atomic E-state index is 11.4. The number of anilines is 1. The van der Waals surface area contributed by atoms with Crippen LogP contribution in [0.3, 0.4) is 0 Å². The van der Waals surface area contributed by atoms with Gasteiger partial charge in [0.15, 0.2) is 0 Å². The summed E-state index contributed by atoms with van der Waals surface area (Å²) in [6, 6.07) is 13.3. The first-order chi connectivity index (χ1) is 9.60. The van der Waals surface area contributed by atoms with Gasteiger partial charge in [0.05, 0.1) is 0 Å². The van der Waals surface area contributed by atoms with Gasteiger partial charge in [0.25, 0.3) is 5.91 Å². The van der Waals surface area contributed by atoms with Crippen molar-refractivity contribution in [3.05, 3.63) is 64.2 Å². The summed E-state index contributed by atoms with van der Waals surface area (Å²) in [6.45, 7) is 2.72. The molecule has 0 radical (unpaired) electrons. The van der Waals surface area contributed by atoms with Crippen molar-refractivity contribution in [2.75, 3.05) is 12.4 Å². The molecule has 0 aliphatic heterocycles. The predicted molar refractivity (Wildman–Crippen MR) is 83.3 cm³/mol. The molecule has 0 bridgehead atoms. The van der Waals surface area contributed by atoms with Gasteiger partial charge in [-0.2, -0.15) is 0 Å². The van der Waals surface area contributed by atoms with E-state index in [1.807, 2.05) is 49.4 Å². The lowest BCUT2D eigenvalue weighted by Gasteiger charge is -2.10. The molecule has 2 aromatic carbocycles. The van der Waals surface area contributed by atoms with E-state index < -0.39 is 0 Å². The second-order valence-electron chi connectivity index (χ2n) is 4.59. The van der Waals surface area contributed by atoms with Crippen LogP contribution in [-0.4, -0.2) is 13.0 Å². The van der Waals surface area contributed by atoms with Crippen molar-refractivity contribution >= 4 is 23.2 Å². The third-order valence-electron chi connectivity index (χ3n) is 3.11. The van der Waals surface area contributed by atoms with Crippen molar-refractivity contribution in [2.45, 2.75) is 13.5 Å². The summed E-state index contributed by atoms with van der Waals surface area (Å²) in [7, 11) is 1.63. The van der Waals surface area contributed by atoms with Crippen LogP contribution < -0.4 is 10.6 Å². The molecule has 0 aromatic heterocycles. The number of carbonyl (C=O) groups is 1. The maximum atomic E-state index is 11.4. The lowest BCUT2D eigenvalue weighted by Crippen LogP contribution is -2.17. The van der Waals surface area contributed by atoms with Crippen LogP contribution >= 0.6 is 11.6 Å². The highest BCUT2D eigenvalue weighted by atomic mass is 35.5. The van der Waals surface area contributed by atoms with Gasteiger partial charge in [0.1, 0.15) is 0 Å². The summed E-state index contributed by atoms with van der Waals surface area (Å²) in [5.74, 6) is -0.0712. The summed E-state index contributed by atoms with van der Waals surface area (Å²) in [5, 5.41) is 6.70. The standard InChI is InChI=1S/C16H17ClN2O/c1-11-9-14(17)7-8-15(11)19-10-12-3-5-13(6-4-12)16(20)18-2/h3-9,19H,10H2,1-2H3,(H,18,20). The van der Waals surface area contributed by atoms with Crippen LogP contribution in [-0.2, 0) is 6.54 Å². The molecule has 0 unspecified atom stereocenters. The highest BCUT2D eigenvalue weighted by Crippen LogP contribution is 2.20. The molecule has 20 heavy (non-hydrogen) atoms. The SMILES string of the molecule is CNC(=O)c1ccc(CNc2ccc(Cl)cc2C)cc1. The Morgan fingerprint density at radius 2 is 1.85 bits per heavy atom. The van der Waals surface area contributed by atoms with Crippen molar-refractivity contribution in [2.24, 2.45) is 0 Å². The van der Waals surface area contributed by atoms with Crippen molar-refractivity contribution in [3.8, 4) is 0 Å². The fourth-order valence-electron chi connectivity index (χ4n) is 1.94. The van der Waals surface area contributed by atoms with Crippen LogP contribution in [0.5, 0.6) is 0 Å². The van der Waals surface area contributed by atoms with Crippen LogP contribution in [0.4, 0.5) is 5.69 Å². The Kier molecular flexibility index (Phi) is 4.64. The Balaban J connectivity index is 2.02. The molecule has 0 spiro atoms. The van der Waals surface area contributed by atoms with Crippen molar-refractivity contribution < 1.29 is 4.79 Å². The van der Waals surface area contributed by atoms with Gasteiger partial charge in [0.2, 0.25) is 0 Å². The average Bonchev–Trinajstić information content (AvgIpc) is 2.46. The number of aryl methyl sites for hydroxylation is 1. The Labute approximate surface area is 124 Å². The van der Waals surface area contributed by atoms with E-state index in [1.54, 1.807) is 7.05 Å². The van der Waals surface area contributed by atoms with Gasteiger partial charge < -0.3 is 10.6 Å². The third-order valence-corrected chi connectivity index (χ3v) is 3.35. The number of hydrogen-bond acceptors (Lipinski definition) is 2. The zero-order valence-corrected chi connectivity index (χ0v) is 12.3. The van der Waals surface area contributed by atoms with Gasteiger partial charge in [-0.15, -0.1) is 0 Å². The third kappa shape index (κ3) is 3.52. The van der Waals surface area contributed by atoms with Gasteiger partial charge in [-0.05, 0) is 48.4 Å². The summed E-state index contributed by atoms with van der Waals surface area (Å²) < 4.78 is 0. The number of nitrogens with one attached hydrogen (secondary N) is 2. The van der Waals surface area contributed by atoms with Crippen LogP contribution in [0, 0.1) is 6.92 Å². The van der Waals surface area contributed by atoms with E-state index in [2.05, 4.69) is 10.6 Å². The average molecular weight is 289 g/mol. The van der Waals surface area contributed by atoms with E-state index in [0.717, 1.165) is 21.8 Å². The first-order valence-electron chi connectivity index (χ1n) is 6.41. The van der Waals surface area contributed by atoms with Crippen LogP contribution in [0.25, 0.3) is 0 Å². The van der Waals surface area contributed by atoms with Crippen molar-refractivity contribution in [1.82, 2.24) is 5.32 Å². The molecule has 2 rings (SSSR count). The predicted octanol–water partition coefficient (Wildman–Crippen LogP) is 3.62. The van der Waals surface area contributed by atoms with Crippen LogP contribution in [0.1, 0.15) is 21.5 Å². The molecule has 0 fully saturated rings. The zero-order chi connectivity index (χ0) is 14.5. The van der Waals surface area contributed by atoms with Gasteiger partial charge in [-0.25, -0.2) is 0 Å². The first-order valence-corrected chi connectivity index (χ1v) is 6.79. The number of amides is 1. The number of carbonyl (C=O) groups excluding carboxylic acids is 1. The topological polar surface area (TPSA) is 41.1 Å². The summed E-state index contributed by atoms with van der Waals surface area (Å²) in [4.78, 5) is 11.4. The molecule has 2 aromatic rings. The fraction of sp³-hybridized carbons (Fsp3) is 0.188. The number of halogens is 1. The summed E-state index contributed by atoms with van der Waals surface area (Å²) >= 11 is 5.93. The molecule has 0 aliphatic carbocycles. The molecule has 1 amide bonds. The summed E-state index contributed by atoms with van der Waals surface area (Å²) in [6.07, 6.45) is 0. The van der Waals surface area contributed by atoms with Gasteiger partial charge in [-0.1, -0.05) is 23.7 Å². The molecular weight excluding hydrogens is 272 g/mol. The molecule has 0 heterocycles. The molecule has 4 heteroatoms. The molecule has 0 saturated carbocycles. The van der Waals surface area contributed by atoms with E-state index in [4.69, 9.17) is 11.6 Å². The highest BCUT2D eigenvalue weighted by molar-refractivity contribution is 6.30. The normalized spacial score (nSPS) is 10.2. The first kappa shape index (κ1) is 14.4. The van der Waals surface area contributed by atoms with Crippen LogP contribution in [0.15, 0.2) is 42.5 Å². The zero-order valence-electron chi connectivity index (χ0n) is 11.5. The Bertz CT molecular complexity index is 608. The number of hydrogen-bond donors (Lipinski definition) is 2. The molecule has 0 atom stereocenters. The van der Waals surface area contributed by atoms with Gasteiger partial charge in [0, 0.05) is 29.9 Å². The second kappa shape index (κ2) is 6.44. The van der Waals surface area contributed by atoms with Gasteiger partial charge in [-0.3, -0.25) is 4.79 Å². The molecule has 104 valence electrons. The highest BCUT2D eigenvalue weighted by Gasteiger charge is 2.03. The molecule has 3 nitrogen and oxygen atoms in total. The molecular formula is C16H17ClN2O. The second-order valence-corrected chi connectivity index (χ2v) is 5.03. The minimum absolute atomic E-state index is 0.0712. The van der Waals surface area contributed by atoms with Crippen molar-refractivity contribution in [3.63, 3.8) is 0 Å². The molecule has 0 aliphatic rings. The Morgan fingerprint density at radius 1 is 1.15 bits per heavy atom. The van der Waals surface area contributed by atoms with Crippen LogP contribution in [0.2, 0.25) is 5.02 Å². The Hall–Kier alpha value is -2.00. The monoisotopic (exact) mass is 288 g/mol. The van der Waals surface area contributed by atoms with Crippen molar-refractivity contribution in [1.29, 1.82) is 0 Å². The lowest BCUT2D eigenvalue weighted by atomic mass is 10.1. The van der Waals surface area contributed by atoms with E-state index in [1.165, 1.54) is 0 Å². The smallest absolute Gasteiger partial charge is 0.251 e. The quantitative estimate of drug-likeness (QED) is 0.902. The minimum Gasteiger partial charge on any atom is -0.381 e. The van der Waals surface area contributed by atoms with E-state index in [0.29, 0.717) is 12.1 Å². The molecule has 0 saturated heterocycles. The van der Waals surface area contributed by atoms with E-state index in [9.17, 15) is 4.79 Å². The molecule has 2 N–H and O–H groups in total. The van der Waals surface area contributed by atoms with E-state index >= 15 is 0 Å². The minimum atomic E-state index is -0.0712. The fourth-order valence-corrected chi connectivity index (χ4v) is 2.17.